The van der Waals surface area contributed by atoms with Crippen molar-refractivity contribution in [1.29, 1.82) is 0 Å². The lowest BCUT2D eigenvalue weighted by molar-refractivity contribution is 0.481. The summed E-state index contributed by atoms with van der Waals surface area (Å²) in [5.41, 5.74) is 3.49. The Labute approximate surface area is 143 Å². The zero-order chi connectivity index (χ0) is 16.9. The number of benzene rings is 3. The molecular formula is C22H23NO. The molecule has 0 spiro atoms. The molecule has 0 radical (unpaired) electrons. The Morgan fingerprint density at radius 2 is 1.83 bits per heavy atom. The zero-order valence-corrected chi connectivity index (χ0v) is 14.3. The molecule has 0 aliphatic heterocycles. The van der Waals surface area contributed by atoms with Gasteiger partial charge in [-0.05, 0) is 42.8 Å². The molecule has 3 rings (SSSR count). The maximum absolute atomic E-state index is 6.28. The van der Waals surface area contributed by atoms with Gasteiger partial charge in [0.25, 0.3) is 0 Å². The van der Waals surface area contributed by atoms with Gasteiger partial charge < -0.3 is 10.1 Å². The Morgan fingerprint density at radius 3 is 2.58 bits per heavy atom. The van der Waals surface area contributed by atoms with Gasteiger partial charge in [-0.15, -0.1) is 0 Å². The summed E-state index contributed by atoms with van der Waals surface area (Å²) in [4.78, 5) is 0. The van der Waals surface area contributed by atoms with Gasteiger partial charge in [0.05, 0.1) is 0 Å². The van der Waals surface area contributed by atoms with E-state index in [0.29, 0.717) is 0 Å². The van der Waals surface area contributed by atoms with Gasteiger partial charge in [-0.2, -0.15) is 0 Å². The first kappa shape index (κ1) is 16.1. The van der Waals surface area contributed by atoms with Crippen LogP contribution < -0.4 is 10.1 Å². The molecule has 0 unspecified atom stereocenters. The van der Waals surface area contributed by atoms with Crippen molar-refractivity contribution in [2.45, 2.75) is 19.8 Å². The van der Waals surface area contributed by atoms with E-state index in [0.717, 1.165) is 35.4 Å². The summed E-state index contributed by atoms with van der Waals surface area (Å²) < 4.78 is 6.28. The average Bonchev–Trinajstić information content (AvgIpc) is 2.61. The van der Waals surface area contributed by atoms with Crippen molar-refractivity contribution < 1.29 is 4.74 Å². The maximum Gasteiger partial charge on any atom is 0.138 e. The van der Waals surface area contributed by atoms with Gasteiger partial charge in [-0.1, -0.05) is 60.7 Å². The lowest BCUT2D eigenvalue weighted by atomic mass is 10.00. The van der Waals surface area contributed by atoms with E-state index in [2.05, 4.69) is 49.2 Å². The Kier molecular flexibility index (Phi) is 4.85. The van der Waals surface area contributed by atoms with E-state index in [1.807, 2.05) is 37.4 Å². The largest absolute Gasteiger partial charge is 0.456 e. The second kappa shape index (κ2) is 7.22. The number of fused-ring (bicyclic) bond motifs is 1. The minimum absolute atomic E-state index is 0.860. The number of para-hydroxylation sites is 1. The molecule has 3 aromatic rings. The fourth-order valence-electron chi connectivity index (χ4n) is 2.80. The average molecular weight is 317 g/mol. The lowest BCUT2D eigenvalue weighted by Gasteiger charge is -2.15. The molecule has 0 aliphatic carbocycles. The third-order valence-corrected chi connectivity index (χ3v) is 4.22. The van der Waals surface area contributed by atoms with E-state index in [1.165, 1.54) is 16.5 Å². The van der Waals surface area contributed by atoms with Gasteiger partial charge in [-0.3, -0.25) is 0 Å². The number of nitrogens with one attached hydrogen (secondary N) is 1. The zero-order valence-electron chi connectivity index (χ0n) is 14.3. The predicted octanol–water partition coefficient (Wildman–Crippen LogP) is 5.61. The molecule has 0 aliphatic rings. The molecule has 122 valence electrons. The summed E-state index contributed by atoms with van der Waals surface area (Å²) >= 11 is 0. The van der Waals surface area contributed by atoms with E-state index < -0.39 is 0 Å². The fraction of sp³-hybridized carbons (Fsp3) is 0.182. The van der Waals surface area contributed by atoms with E-state index in [-0.39, 0.29) is 0 Å². The number of hydrogen-bond acceptors (Lipinski definition) is 2. The fourth-order valence-corrected chi connectivity index (χ4v) is 2.80. The van der Waals surface area contributed by atoms with Gasteiger partial charge >= 0.3 is 0 Å². The number of rotatable bonds is 6. The number of ether oxygens (including phenoxy) is 1. The molecular weight excluding hydrogens is 294 g/mol. The Bertz CT molecular complexity index is 852. The first-order valence-electron chi connectivity index (χ1n) is 8.28. The highest BCUT2D eigenvalue weighted by molar-refractivity contribution is 5.90. The molecule has 0 saturated heterocycles. The molecule has 0 heterocycles. The maximum atomic E-state index is 6.28. The summed E-state index contributed by atoms with van der Waals surface area (Å²) in [6, 6.07) is 20.8. The Morgan fingerprint density at radius 1 is 1.04 bits per heavy atom. The van der Waals surface area contributed by atoms with Crippen LogP contribution in [-0.4, -0.2) is 7.05 Å². The van der Waals surface area contributed by atoms with Crippen molar-refractivity contribution in [2.24, 2.45) is 0 Å². The van der Waals surface area contributed by atoms with Gasteiger partial charge in [0.1, 0.15) is 11.5 Å². The van der Waals surface area contributed by atoms with Crippen molar-refractivity contribution in [3.05, 3.63) is 84.1 Å². The van der Waals surface area contributed by atoms with Crippen molar-refractivity contribution in [2.75, 3.05) is 7.05 Å². The summed E-state index contributed by atoms with van der Waals surface area (Å²) in [6.45, 7) is 6.14. The smallest absolute Gasteiger partial charge is 0.138 e. The molecule has 0 atom stereocenters. The quantitative estimate of drug-likeness (QED) is 0.638. The van der Waals surface area contributed by atoms with Crippen LogP contribution >= 0.6 is 0 Å². The van der Waals surface area contributed by atoms with Crippen LogP contribution in [0.2, 0.25) is 0 Å². The summed E-state index contributed by atoms with van der Waals surface area (Å²) in [7, 11) is 1.91. The molecule has 0 aromatic heterocycles. The molecule has 0 bridgehead atoms. The van der Waals surface area contributed by atoms with Crippen LogP contribution in [0.5, 0.6) is 11.5 Å². The summed E-state index contributed by atoms with van der Waals surface area (Å²) in [6.07, 6.45) is 1.78. The molecule has 0 fully saturated rings. The van der Waals surface area contributed by atoms with Crippen molar-refractivity contribution in [3.8, 4) is 11.5 Å². The van der Waals surface area contributed by atoms with Crippen LogP contribution in [0.3, 0.4) is 0 Å². The first-order valence-corrected chi connectivity index (χ1v) is 8.28. The summed E-state index contributed by atoms with van der Waals surface area (Å²) in [5.74, 6) is 1.81. The third kappa shape index (κ3) is 3.60. The van der Waals surface area contributed by atoms with Gasteiger partial charge in [-0.25, -0.2) is 0 Å². The van der Waals surface area contributed by atoms with E-state index in [1.54, 1.807) is 0 Å². The monoisotopic (exact) mass is 317 g/mol. The first-order chi connectivity index (χ1) is 11.7. The van der Waals surface area contributed by atoms with Crippen LogP contribution in [0, 0.1) is 6.92 Å². The van der Waals surface area contributed by atoms with Gasteiger partial charge in [0.15, 0.2) is 0 Å². The van der Waals surface area contributed by atoms with E-state index in [4.69, 9.17) is 4.74 Å². The second-order valence-corrected chi connectivity index (χ2v) is 6.05. The highest BCUT2D eigenvalue weighted by Gasteiger charge is 2.11. The molecule has 3 aromatic carbocycles. The molecule has 2 nitrogen and oxygen atoms in total. The van der Waals surface area contributed by atoms with Gasteiger partial charge in [0.2, 0.25) is 0 Å². The number of allylic oxidation sites excluding steroid dienone is 1. The molecule has 0 saturated carbocycles. The van der Waals surface area contributed by atoms with E-state index >= 15 is 0 Å². The highest BCUT2D eigenvalue weighted by Crippen LogP contribution is 2.35. The van der Waals surface area contributed by atoms with Gasteiger partial charge in [0, 0.05) is 18.1 Å². The predicted molar refractivity (Wildman–Crippen MR) is 102 cm³/mol. The van der Waals surface area contributed by atoms with Crippen LogP contribution in [0.15, 0.2) is 72.9 Å². The van der Waals surface area contributed by atoms with E-state index in [9.17, 15) is 0 Å². The normalized spacial score (nSPS) is 10.6. The Balaban J connectivity index is 2.04. The highest BCUT2D eigenvalue weighted by atomic mass is 16.5. The lowest BCUT2D eigenvalue weighted by Crippen LogP contribution is -2.05. The summed E-state index contributed by atoms with van der Waals surface area (Å²) in [5, 5.41) is 5.47. The molecule has 2 heteroatoms. The van der Waals surface area contributed by atoms with Crippen LogP contribution in [0.4, 0.5) is 0 Å². The minimum atomic E-state index is 0.860. The number of aryl methyl sites for hydroxylation is 2. The Hall–Kier alpha value is -2.74. The molecule has 0 amide bonds. The van der Waals surface area contributed by atoms with Crippen LogP contribution in [0.25, 0.3) is 10.8 Å². The van der Waals surface area contributed by atoms with Crippen molar-refractivity contribution >= 4 is 10.8 Å². The standard InChI is InChI=1S/C22H23NO/c1-16-9-14-21-19(15-16)13-12-18(11-10-17(2)23-3)22(21)24-20-7-5-4-6-8-20/h4-9,12-15,23H,2,10-11H2,1,3H3. The van der Waals surface area contributed by atoms with Crippen molar-refractivity contribution in [1.82, 2.24) is 5.32 Å². The topological polar surface area (TPSA) is 21.3 Å². The number of hydrogen-bond donors (Lipinski definition) is 1. The molecule has 1 N–H and O–H groups in total. The van der Waals surface area contributed by atoms with Crippen molar-refractivity contribution in [3.63, 3.8) is 0 Å². The van der Waals surface area contributed by atoms with Crippen LogP contribution in [0.1, 0.15) is 17.5 Å². The van der Waals surface area contributed by atoms with Crippen LogP contribution in [-0.2, 0) is 6.42 Å². The SMILES string of the molecule is C=C(CCc1ccc2cc(C)ccc2c1Oc1ccccc1)NC. The second-order valence-electron chi connectivity index (χ2n) is 6.05. The minimum Gasteiger partial charge on any atom is -0.456 e. The molecule has 24 heavy (non-hydrogen) atoms. The third-order valence-electron chi connectivity index (χ3n) is 4.22.